The highest BCUT2D eigenvalue weighted by atomic mass is 32.2. The molecule has 1 aromatic heterocycles. The summed E-state index contributed by atoms with van der Waals surface area (Å²) >= 11 is 1.81. The number of amides is 1. The summed E-state index contributed by atoms with van der Waals surface area (Å²) in [6.45, 7) is 3.65. The number of nitrogens with one attached hydrogen (secondary N) is 1. The van der Waals surface area contributed by atoms with Crippen molar-refractivity contribution in [2.45, 2.75) is 61.3 Å². The minimum atomic E-state index is 0.0247. The van der Waals surface area contributed by atoms with E-state index in [2.05, 4.69) is 10.5 Å². The van der Waals surface area contributed by atoms with Crippen molar-refractivity contribution < 1.29 is 9.32 Å². The highest BCUT2D eigenvalue weighted by Crippen LogP contribution is 2.38. The number of nitrogens with zero attached hydrogens (tertiary/aromatic N) is 2. The smallest absolute Gasteiger partial charge is 0.294 e. The van der Waals surface area contributed by atoms with Gasteiger partial charge in [0.1, 0.15) is 0 Å². The topological polar surface area (TPSA) is 58.4 Å². The van der Waals surface area contributed by atoms with Crippen molar-refractivity contribution in [3.8, 4) is 0 Å². The van der Waals surface area contributed by atoms with E-state index in [0.717, 1.165) is 23.7 Å². The molecule has 1 amide bonds. The number of thioether (sulfide) groups is 1. The minimum absolute atomic E-state index is 0.0247. The molecule has 0 spiro atoms. The van der Waals surface area contributed by atoms with Crippen molar-refractivity contribution in [2.24, 2.45) is 0 Å². The molecular weight excluding hydrogens is 286 g/mol. The lowest BCUT2D eigenvalue weighted by atomic mass is 9.88. The number of hydrogen-bond acceptors (Lipinski definition) is 5. The summed E-state index contributed by atoms with van der Waals surface area (Å²) in [6.07, 6.45) is 6.41. The van der Waals surface area contributed by atoms with Crippen molar-refractivity contribution in [1.29, 1.82) is 0 Å². The standard InChI is InChI=1S/C15H21N3O2S/c1-9-14(21-10-5-3-2-4-6-10)13(20-17-9)15(19)18-8-11-12(18)7-16-11/h10-12,16H,2-8H2,1H3/t11?,12-/m1/s1. The summed E-state index contributed by atoms with van der Waals surface area (Å²) in [5.74, 6) is 0.491. The summed E-state index contributed by atoms with van der Waals surface area (Å²) in [5.41, 5.74) is 0.859. The van der Waals surface area contributed by atoms with Crippen LogP contribution in [0.3, 0.4) is 0 Å². The first-order valence-electron chi connectivity index (χ1n) is 7.91. The molecule has 1 aromatic rings. The normalized spacial score (nSPS) is 28.7. The second kappa shape index (κ2) is 5.32. The molecule has 3 fully saturated rings. The van der Waals surface area contributed by atoms with Gasteiger partial charge in [0.15, 0.2) is 0 Å². The van der Waals surface area contributed by atoms with Crippen LogP contribution in [-0.4, -0.2) is 46.4 Å². The zero-order valence-electron chi connectivity index (χ0n) is 12.3. The monoisotopic (exact) mass is 307 g/mol. The van der Waals surface area contributed by atoms with Gasteiger partial charge in [0.2, 0.25) is 5.76 Å². The van der Waals surface area contributed by atoms with Gasteiger partial charge in [-0.15, -0.1) is 11.8 Å². The number of likely N-dealkylation sites (tertiary alicyclic amines) is 1. The lowest BCUT2D eigenvalue weighted by molar-refractivity contribution is -0.00881. The van der Waals surface area contributed by atoms with Gasteiger partial charge in [0, 0.05) is 24.4 Å². The molecule has 2 atom stereocenters. The number of carbonyl (C=O) groups is 1. The molecule has 0 aromatic carbocycles. The maximum Gasteiger partial charge on any atom is 0.294 e. The minimum Gasteiger partial charge on any atom is -0.350 e. The highest BCUT2D eigenvalue weighted by molar-refractivity contribution is 8.00. The molecule has 1 aliphatic carbocycles. The lowest BCUT2D eigenvalue weighted by Gasteiger charge is -2.55. The molecule has 21 heavy (non-hydrogen) atoms. The Bertz CT molecular complexity index is 553. The van der Waals surface area contributed by atoms with E-state index in [4.69, 9.17) is 4.52 Å². The van der Waals surface area contributed by atoms with Crippen molar-refractivity contribution in [3.05, 3.63) is 11.5 Å². The van der Waals surface area contributed by atoms with Crippen LogP contribution in [0.25, 0.3) is 0 Å². The van der Waals surface area contributed by atoms with Crippen molar-refractivity contribution >= 4 is 17.7 Å². The zero-order valence-corrected chi connectivity index (χ0v) is 13.1. The fourth-order valence-corrected chi connectivity index (χ4v) is 4.80. The Morgan fingerprint density at radius 1 is 1.38 bits per heavy atom. The zero-order chi connectivity index (χ0) is 14.4. The van der Waals surface area contributed by atoms with Gasteiger partial charge < -0.3 is 14.7 Å². The van der Waals surface area contributed by atoms with Crippen molar-refractivity contribution in [2.75, 3.05) is 13.1 Å². The van der Waals surface area contributed by atoms with Crippen LogP contribution in [0.2, 0.25) is 0 Å². The third-order valence-electron chi connectivity index (χ3n) is 4.95. The first-order valence-corrected chi connectivity index (χ1v) is 8.79. The molecule has 3 heterocycles. The van der Waals surface area contributed by atoms with E-state index >= 15 is 0 Å². The van der Waals surface area contributed by atoms with Gasteiger partial charge in [-0.3, -0.25) is 4.79 Å². The molecule has 114 valence electrons. The molecule has 0 radical (unpaired) electrons. The fraction of sp³-hybridized carbons (Fsp3) is 0.733. The molecule has 5 nitrogen and oxygen atoms in total. The Hall–Kier alpha value is -1.01. The van der Waals surface area contributed by atoms with Crippen LogP contribution >= 0.6 is 11.8 Å². The average Bonchev–Trinajstić information content (AvgIpc) is 2.84. The molecule has 6 heteroatoms. The van der Waals surface area contributed by atoms with E-state index in [9.17, 15) is 4.79 Å². The van der Waals surface area contributed by atoms with Crippen LogP contribution in [0.5, 0.6) is 0 Å². The second-order valence-corrected chi connectivity index (χ2v) is 7.65. The highest BCUT2D eigenvalue weighted by Gasteiger charge is 2.49. The Balaban J connectivity index is 1.50. The SMILES string of the molecule is Cc1noc(C(=O)N2CC3NC[C@H]32)c1SC1CCCCC1. The molecule has 1 saturated carbocycles. The number of piperazine rings is 1. The van der Waals surface area contributed by atoms with E-state index in [0.29, 0.717) is 23.1 Å². The third-order valence-corrected chi connectivity index (χ3v) is 6.47. The van der Waals surface area contributed by atoms with Crippen LogP contribution in [-0.2, 0) is 0 Å². The van der Waals surface area contributed by atoms with Crippen LogP contribution < -0.4 is 5.32 Å². The van der Waals surface area contributed by atoms with Crippen LogP contribution in [0.15, 0.2) is 9.42 Å². The number of aryl methyl sites for hydroxylation is 1. The molecule has 2 saturated heterocycles. The van der Waals surface area contributed by atoms with Gasteiger partial charge in [-0.25, -0.2) is 0 Å². The Morgan fingerprint density at radius 3 is 2.81 bits per heavy atom. The number of fused-ring (bicyclic) bond motifs is 1. The summed E-state index contributed by atoms with van der Waals surface area (Å²) in [4.78, 5) is 15.5. The summed E-state index contributed by atoms with van der Waals surface area (Å²) in [5, 5.41) is 7.98. The van der Waals surface area contributed by atoms with Crippen LogP contribution in [0, 0.1) is 6.92 Å². The van der Waals surface area contributed by atoms with E-state index in [1.54, 1.807) is 11.8 Å². The molecule has 1 unspecified atom stereocenters. The van der Waals surface area contributed by atoms with Crippen LogP contribution in [0.1, 0.15) is 48.4 Å². The number of rotatable bonds is 3. The van der Waals surface area contributed by atoms with Gasteiger partial charge >= 0.3 is 0 Å². The first-order chi connectivity index (χ1) is 10.2. The number of hydrogen-bond donors (Lipinski definition) is 1. The summed E-state index contributed by atoms with van der Waals surface area (Å²) in [6, 6.07) is 0.878. The number of aromatic nitrogens is 1. The largest absolute Gasteiger partial charge is 0.350 e. The molecule has 0 bridgehead atoms. The predicted molar refractivity (Wildman–Crippen MR) is 80.6 cm³/mol. The van der Waals surface area contributed by atoms with Crippen LogP contribution in [0.4, 0.5) is 0 Å². The molecule has 1 N–H and O–H groups in total. The molecular formula is C15H21N3O2S. The fourth-order valence-electron chi connectivity index (χ4n) is 3.46. The van der Waals surface area contributed by atoms with Gasteiger partial charge in [0.05, 0.1) is 16.6 Å². The van der Waals surface area contributed by atoms with E-state index in [1.807, 2.05) is 11.8 Å². The van der Waals surface area contributed by atoms with Gasteiger partial charge in [0.25, 0.3) is 5.91 Å². The van der Waals surface area contributed by atoms with Crippen molar-refractivity contribution in [1.82, 2.24) is 15.4 Å². The van der Waals surface area contributed by atoms with E-state index < -0.39 is 0 Å². The number of carbonyl (C=O) groups excluding carboxylic acids is 1. The second-order valence-electron chi connectivity index (χ2n) is 6.34. The summed E-state index contributed by atoms with van der Waals surface area (Å²) in [7, 11) is 0. The van der Waals surface area contributed by atoms with E-state index in [-0.39, 0.29) is 5.91 Å². The Kier molecular flexibility index (Phi) is 3.46. The van der Waals surface area contributed by atoms with Crippen molar-refractivity contribution in [3.63, 3.8) is 0 Å². The Labute approximate surface area is 128 Å². The van der Waals surface area contributed by atoms with Gasteiger partial charge in [-0.05, 0) is 19.8 Å². The first kappa shape index (κ1) is 13.6. The van der Waals surface area contributed by atoms with Gasteiger partial charge in [-0.2, -0.15) is 0 Å². The summed E-state index contributed by atoms with van der Waals surface area (Å²) < 4.78 is 5.38. The van der Waals surface area contributed by atoms with E-state index in [1.165, 1.54) is 32.1 Å². The lowest BCUT2D eigenvalue weighted by Crippen LogP contribution is -2.78. The molecule has 4 rings (SSSR count). The Morgan fingerprint density at radius 2 is 2.19 bits per heavy atom. The maximum absolute atomic E-state index is 12.6. The predicted octanol–water partition coefficient (Wildman–Crippen LogP) is 2.20. The molecule has 3 aliphatic rings. The average molecular weight is 307 g/mol. The third kappa shape index (κ3) is 2.28. The molecule has 2 aliphatic heterocycles. The maximum atomic E-state index is 12.6. The quantitative estimate of drug-likeness (QED) is 0.928. The van der Waals surface area contributed by atoms with Gasteiger partial charge in [-0.1, -0.05) is 24.4 Å².